The number of rotatable bonds is 15. The largest absolute Gasteiger partial charge is 0.508 e. The van der Waals surface area contributed by atoms with Gasteiger partial charge in [-0.15, -0.1) is 16.9 Å². The summed E-state index contributed by atoms with van der Waals surface area (Å²) in [5.74, 6) is -1.38. The lowest BCUT2D eigenvalue weighted by Crippen LogP contribution is -2.61. The summed E-state index contributed by atoms with van der Waals surface area (Å²) in [6.45, 7) is 9.57. The fourth-order valence-corrected chi connectivity index (χ4v) is 5.62. The monoisotopic (exact) mass is 505 g/mol. The first-order valence-corrected chi connectivity index (χ1v) is 12.5. The second-order valence-electron chi connectivity index (χ2n) is 8.16. The SMILES string of the molecule is C=CCOC(=O)O[C@H](C)[C@H]1C(=O)N2C(C(=O)OCC=C)=C(CCCCCCCn3cnnn3)S[C@H]12. The zero-order valence-electron chi connectivity index (χ0n) is 19.8. The minimum Gasteiger partial charge on any atom is -0.457 e. The number of allylic oxidation sites excluding steroid dienone is 1. The van der Waals surface area contributed by atoms with Crippen LogP contribution in [-0.2, 0) is 30.3 Å². The summed E-state index contributed by atoms with van der Waals surface area (Å²) >= 11 is 1.47. The topological polar surface area (TPSA) is 126 Å². The van der Waals surface area contributed by atoms with Crippen LogP contribution < -0.4 is 0 Å². The van der Waals surface area contributed by atoms with Crippen LogP contribution in [0.25, 0.3) is 0 Å². The molecule has 1 saturated heterocycles. The standard InChI is InChI=1S/C23H31N5O6S/c1-4-13-32-22(30)19-17(11-9-7-6-8-10-12-27-15-24-25-26-27)35-21-18(20(29)28(19)21)16(3)34-23(31)33-14-5-2/h4-5,15-16,18,21H,1-2,6-14H2,3H3/t16-,18+,21-/m1/s1. The number of carbonyl (C=O) groups is 3. The van der Waals surface area contributed by atoms with Gasteiger partial charge in [0.1, 0.15) is 42.6 Å². The molecule has 0 radical (unpaired) electrons. The maximum atomic E-state index is 12.9. The number of hydrogen-bond acceptors (Lipinski definition) is 10. The minimum absolute atomic E-state index is 0.0249. The number of tetrazole rings is 1. The summed E-state index contributed by atoms with van der Waals surface area (Å²) in [5, 5.41) is 10.8. The Kier molecular flexibility index (Phi) is 9.88. The zero-order valence-corrected chi connectivity index (χ0v) is 20.7. The molecule has 3 rings (SSSR count). The fraction of sp³-hybridized carbons (Fsp3) is 0.565. The van der Waals surface area contributed by atoms with Crippen molar-refractivity contribution in [3.63, 3.8) is 0 Å². The van der Waals surface area contributed by atoms with Gasteiger partial charge in [0, 0.05) is 11.4 Å². The molecule has 190 valence electrons. The van der Waals surface area contributed by atoms with E-state index in [1.54, 1.807) is 17.9 Å². The maximum absolute atomic E-state index is 12.9. The molecule has 0 aliphatic carbocycles. The summed E-state index contributed by atoms with van der Waals surface area (Å²) in [5.41, 5.74) is 0.295. The fourth-order valence-electron chi connectivity index (χ4n) is 3.97. The second kappa shape index (κ2) is 13.1. The van der Waals surface area contributed by atoms with Gasteiger partial charge in [-0.3, -0.25) is 9.69 Å². The lowest BCUT2D eigenvalue weighted by molar-refractivity contribution is -0.158. The molecule has 1 fully saturated rings. The van der Waals surface area contributed by atoms with E-state index < -0.39 is 24.1 Å². The first kappa shape index (κ1) is 26.5. The maximum Gasteiger partial charge on any atom is 0.508 e. The van der Waals surface area contributed by atoms with Gasteiger partial charge in [0.25, 0.3) is 0 Å². The van der Waals surface area contributed by atoms with Crippen molar-refractivity contribution in [3.8, 4) is 0 Å². The van der Waals surface area contributed by atoms with Crippen LogP contribution in [0.3, 0.4) is 0 Å². The molecule has 0 N–H and O–H groups in total. The smallest absolute Gasteiger partial charge is 0.457 e. The molecular formula is C23H31N5O6S. The number of ether oxygens (including phenoxy) is 3. The number of thioether (sulfide) groups is 1. The minimum atomic E-state index is -0.856. The third-order valence-electron chi connectivity index (χ3n) is 5.67. The highest BCUT2D eigenvalue weighted by Crippen LogP contribution is 2.52. The number of carbonyl (C=O) groups excluding carboxylic acids is 3. The van der Waals surface area contributed by atoms with Crippen LogP contribution in [0.4, 0.5) is 4.79 Å². The molecule has 35 heavy (non-hydrogen) atoms. The van der Waals surface area contributed by atoms with Crippen molar-refractivity contribution in [3.05, 3.63) is 42.2 Å². The van der Waals surface area contributed by atoms with Gasteiger partial charge in [-0.05, 0) is 36.6 Å². The van der Waals surface area contributed by atoms with Gasteiger partial charge in [0.2, 0.25) is 5.91 Å². The number of aromatic nitrogens is 4. The number of β-lactam (4-membered cyclic amide) rings is 1. The third kappa shape index (κ3) is 6.71. The van der Waals surface area contributed by atoms with E-state index in [2.05, 4.69) is 28.7 Å². The Balaban J connectivity index is 1.53. The van der Waals surface area contributed by atoms with E-state index in [4.69, 9.17) is 14.2 Å². The molecule has 12 heteroatoms. The van der Waals surface area contributed by atoms with E-state index in [0.717, 1.165) is 43.6 Å². The van der Waals surface area contributed by atoms with Gasteiger partial charge >= 0.3 is 12.1 Å². The molecule has 1 aromatic heterocycles. The molecule has 3 heterocycles. The van der Waals surface area contributed by atoms with Crippen molar-refractivity contribution >= 4 is 29.8 Å². The second-order valence-corrected chi connectivity index (χ2v) is 9.38. The van der Waals surface area contributed by atoms with Gasteiger partial charge in [-0.2, -0.15) is 0 Å². The van der Waals surface area contributed by atoms with Crippen molar-refractivity contribution in [2.75, 3.05) is 13.2 Å². The Labute approximate surface area is 208 Å². The Morgan fingerprint density at radius 3 is 2.57 bits per heavy atom. The van der Waals surface area contributed by atoms with Gasteiger partial charge < -0.3 is 14.2 Å². The molecule has 1 amide bonds. The van der Waals surface area contributed by atoms with Gasteiger partial charge in [0.05, 0.1) is 0 Å². The molecule has 0 aromatic carbocycles. The third-order valence-corrected chi connectivity index (χ3v) is 7.09. The van der Waals surface area contributed by atoms with E-state index in [9.17, 15) is 14.4 Å². The number of fused-ring (bicyclic) bond motifs is 1. The highest BCUT2D eigenvalue weighted by molar-refractivity contribution is 8.04. The highest BCUT2D eigenvalue weighted by atomic mass is 32.2. The van der Waals surface area contributed by atoms with Gasteiger partial charge in [-0.25, -0.2) is 14.3 Å². The quantitative estimate of drug-likeness (QED) is 0.152. The van der Waals surface area contributed by atoms with E-state index >= 15 is 0 Å². The predicted molar refractivity (Wildman–Crippen MR) is 128 cm³/mol. The number of amides is 1. The van der Waals surface area contributed by atoms with Crippen LogP contribution in [0.5, 0.6) is 0 Å². The first-order chi connectivity index (χ1) is 17.0. The first-order valence-electron chi connectivity index (χ1n) is 11.6. The number of esters is 1. The lowest BCUT2D eigenvalue weighted by Gasteiger charge is -2.44. The molecule has 3 atom stereocenters. The van der Waals surface area contributed by atoms with Crippen LogP contribution in [0.15, 0.2) is 42.2 Å². The average Bonchev–Trinajstić information content (AvgIpc) is 3.46. The molecule has 1 aromatic rings. The number of nitrogens with zero attached hydrogens (tertiary/aromatic N) is 5. The van der Waals surface area contributed by atoms with Crippen LogP contribution >= 0.6 is 11.8 Å². The van der Waals surface area contributed by atoms with Crippen molar-refractivity contribution in [2.45, 2.75) is 63.5 Å². The van der Waals surface area contributed by atoms with Crippen molar-refractivity contribution < 1.29 is 28.6 Å². The van der Waals surface area contributed by atoms with Crippen molar-refractivity contribution in [1.29, 1.82) is 0 Å². The van der Waals surface area contributed by atoms with Crippen molar-refractivity contribution in [2.24, 2.45) is 5.92 Å². The van der Waals surface area contributed by atoms with E-state index in [-0.39, 0.29) is 24.5 Å². The zero-order chi connectivity index (χ0) is 25.2. The summed E-state index contributed by atoms with van der Waals surface area (Å²) < 4.78 is 17.1. The molecule has 0 saturated carbocycles. The molecule has 2 aliphatic heterocycles. The summed E-state index contributed by atoms with van der Waals surface area (Å²) in [4.78, 5) is 39.8. The van der Waals surface area contributed by atoms with Crippen LogP contribution in [0.2, 0.25) is 0 Å². The van der Waals surface area contributed by atoms with Crippen LogP contribution in [0, 0.1) is 5.92 Å². The number of aryl methyl sites for hydroxylation is 1. The molecule has 0 unspecified atom stereocenters. The summed E-state index contributed by atoms with van der Waals surface area (Å²) in [7, 11) is 0. The average molecular weight is 506 g/mol. The number of unbranched alkanes of at least 4 members (excludes halogenated alkanes) is 4. The Bertz CT molecular complexity index is 950. The van der Waals surface area contributed by atoms with E-state index in [1.165, 1.54) is 28.8 Å². The normalized spacial score (nSPS) is 19.6. The van der Waals surface area contributed by atoms with Gasteiger partial charge in [-0.1, -0.05) is 44.6 Å². The van der Waals surface area contributed by atoms with E-state index in [1.807, 2.05) is 0 Å². The van der Waals surface area contributed by atoms with E-state index in [0.29, 0.717) is 12.1 Å². The van der Waals surface area contributed by atoms with Gasteiger partial charge in [0.15, 0.2) is 0 Å². The molecular weight excluding hydrogens is 474 g/mol. The van der Waals surface area contributed by atoms with Crippen LogP contribution in [0.1, 0.15) is 45.4 Å². The summed E-state index contributed by atoms with van der Waals surface area (Å²) in [6, 6.07) is 0. The van der Waals surface area contributed by atoms with Crippen LogP contribution in [-0.4, -0.2) is 67.8 Å². The molecule has 2 aliphatic rings. The van der Waals surface area contributed by atoms with Crippen molar-refractivity contribution in [1.82, 2.24) is 25.1 Å². The number of hydrogen-bond donors (Lipinski definition) is 0. The molecule has 11 nitrogen and oxygen atoms in total. The highest BCUT2D eigenvalue weighted by Gasteiger charge is 2.58. The predicted octanol–water partition coefficient (Wildman–Crippen LogP) is 3.21. The summed E-state index contributed by atoms with van der Waals surface area (Å²) in [6.07, 6.45) is 8.58. The Morgan fingerprint density at radius 2 is 1.86 bits per heavy atom. The molecule has 0 spiro atoms. The Hall–Kier alpha value is -3.15. The Morgan fingerprint density at radius 1 is 1.14 bits per heavy atom. The lowest BCUT2D eigenvalue weighted by atomic mass is 9.92. The molecule has 0 bridgehead atoms.